The summed E-state index contributed by atoms with van der Waals surface area (Å²) in [7, 11) is 1.70. The van der Waals surface area contributed by atoms with Gasteiger partial charge in [0.2, 0.25) is 5.91 Å². The van der Waals surface area contributed by atoms with Crippen LogP contribution in [0.25, 0.3) is 0 Å². The fraction of sp³-hybridized carbons (Fsp3) is 0.571. The quantitative estimate of drug-likeness (QED) is 0.815. The number of benzene rings is 1. The van der Waals surface area contributed by atoms with Crippen LogP contribution >= 0.6 is 11.6 Å². The van der Waals surface area contributed by atoms with Gasteiger partial charge in [-0.3, -0.25) is 9.59 Å². The topological polar surface area (TPSA) is 76.4 Å². The van der Waals surface area contributed by atoms with Crippen molar-refractivity contribution in [1.29, 1.82) is 5.26 Å². The molecule has 7 heteroatoms. The lowest BCUT2D eigenvalue weighted by atomic mass is 9.81. The lowest BCUT2D eigenvalue weighted by Crippen LogP contribution is -2.51. The third-order valence-electron chi connectivity index (χ3n) is 5.94. The fourth-order valence-electron chi connectivity index (χ4n) is 4.13. The van der Waals surface area contributed by atoms with E-state index in [1.807, 2.05) is 4.90 Å². The van der Waals surface area contributed by atoms with Gasteiger partial charge in [0.1, 0.15) is 5.54 Å². The second kappa shape index (κ2) is 8.83. The van der Waals surface area contributed by atoms with Gasteiger partial charge in [0, 0.05) is 30.8 Å². The number of nitrogens with zero attached hydrogens (tertiary/aromatic N) is 3. The molecule has 1 aliphatic heterocycles. The van der Waals surface area contributed by atoms with Gasteiger partial charge in [-0.2, -0.15) is 5.26 Å². The first-order valence-electron chi connectivity index (χ1n) is 9.97. The summed E-state index contributed by atoms with van der Waals surface area (Å²) in [4.78, 5) is 29.0. The molecule has 0 bridgehead atoms. The summed E-state index contributed by atoms with van der Waals surface area (Å²) in [6.07, 6.45) is 6.48. The van der Waals surface area contributed by atoms with Gasteiger partial charge in [-0.15, -0.1) is 0 Å². The lowest BCUT2D eigenvalue weighted by molar-refractivity contribution is -0.132. The van der Waals surface area contributed by atoms with E-state index in [0.29, 0.717) is 29.1 Å². The molecule has 2 fully saturated rings. The number of hydrogen-bond acceptors (Lipinski definition) is 4. The minimum Gasteiger partial charge on any atom is -0.375 e. The average Bonchev–Trinajstić information content (AvgIpc) is 3.26. The molecule has 2 aliphatic rings. The monoisotopic (exact) mass is 402 g/mol. The number of carbonyl (C=O) groups is 2. The summed E-state index contributed by atoms with van der Waals surface area (Å²) in [6.45, 7) is 1.53. The molecular weight excluding hydrogens is 376 g/mol. The minimum atomic E-state index is -0.723. The van der Waals surface area contributed by atoms with Gasteiger partial charge in [-0.1, -0.05) is 30.9 Å². The van der Waals surface area contributed by atoms with Crippen molar-refractivity contribution in [3.05, 3.63) is 28.8 Å². The van der Waals surface area contributed by atoms with Crippen LogP contribution in [0.15, 0.2) is 18.2 Å². The second-order valence-electron chi connectivity index (χ2n) is 7.70. The zero-order chi connectivity index (χ0) is 20.1. The van der Waals surface area contributed by atoms with Gasteiger partial charge in [0.25, 0.3) is 5.91 Å². The number of anilines is 1. The molecular formula is C21H27ClN4O2. The Balaban J connectivity index is 1.71. The van der Waals surface area contributed by atoms with Crippen LogP contribution in [0.3, 0.4) is 0 Å². The summed E-state index contributed by atoms with van der Waals surface area (Å²) in [5.74, 6) is -0.207. The number of likely N-dealkylation sites (tertiary alicyclic amines) is 1. The summed E-state index contributed by atoms with van der Waals surface area (Å²) in [6, 6.07) is 7.44. The van der Waals surface area contributed by atoms with E-state index < -0.39 is 5.54 Å². The van der Waals surface area contributed by atoms with Crippen LogP contribution in [0.2, 0.25) is 5.02 Å². The van der Waals surface area contributed by atoms with Gasteiger partial charge >= 0.3 is 0 Å². The van der Waals surface area contributed by atoms with Crippen molar-refractivity contribution in [3.63, 3.8) is 0 Å². The molecule has 1 saturated carbocycles. The first-order chi connectivity index (χ1) is 13.5. The van der Waals surface area contributed by atoms with Crippen LogP contribution in [0, 0.1) is 11.3 Å². The molecule has 0 spiro atoms. The molecule has 3 rings (SSSR count). The summed E-state index contributed by atoms with van der Waals surface area (Å²) < 4.78 is 0. The Morgan fingerprint density at radius 3 is 2.54 bits per heavy atom. The Bertz CT molecular complexity index is 777. The highest BCUT2D eigenvalue weighted by Crippen LogP contribution is 2.32. The van der Waals surface area contributed by atoms with Crippen LogP contribution < -0.4 is 5.32 Å². The zero-order valence-corrected chi connectivity index (χ0v) is 17.1. The van der Waals surface area contributed by atoms with Crippen molar-refractivity contribution in [2.24, 2.45) is 0 Å². The molecule has 1 saturated heterocycles. The molecule has 0 unspecified atom stereocenters. The lowest BCUT2D eigenvalue weighted by Gasteiger charge is -2.39. The number of halogens is 1. The van der Waals surface area contributed by atoms with Gasteiger partial charge in [0.05, 0.1) is 18.2 Å². The standard InChI is InChI=1S/C21H27ClN4O2/c1-25(21(15-23)9-3-2-4-10-21)19(27)14-24-18-13-16(22)7-8-17(18)20(28)26-11-5-6-12-26/h7-8,13,24H,2-6,9-12,14H2,1H3. The van der Waals surface area contributed by atoms with E-state index in [9.17, 15) is 14.9 Å². The van der Waals surface area contributed by atoms with E-state index in [1.165, 1.54) is 0 Å². The first-order valence-corrected chi connectivity index (χ1v) is 10.4. The number of hydrogen-bond donors (Lipinski definition) is 1. The van der Waals surface area contributed by atoms with Crippen molar-refractivity contribution in [2.75, 3.05) is 32.0 Å². The third-order valence-corrected chi connectivity index (χ3v) is 6.18. The maximum atomic E-state index is 12.8. The highest BCUT2D eigenvalue weighted by atomic mass is 35.5. The van der Waals surface area contributed by atoms with Gasteiger partial charge in [-0.05, 0) is 43.9 Å². The molecule has 28 heavy (non-hydrogen) atoms. The molecule has 1 N–H and O–H groups in total. The van der Waals surface area contributed by atoms with E-state index in [4.69, 9.17) is 11.6 Å². The van der Waals surface area contributed by atoms with Crippen LogP contribution in [-0.2, 0) is 4.79 Å². The SMILES string of the molecule is CN(C(=O)CNc1cc(Cl)ccc1C(=O)N1CCCC1)C1(C#N)CCCCC1. The fourth-order valence-corrected chi connectivity index (χ4v) is 4.30. The molecule has 150 valence electrons. The largest absolute Gasteiger partial charge is 0.375 e. The molecule has 1 aromatic carbocycles. The average molecular weight is 403 g/mol. The number of likely N-dealkylation sites (N-methyl/N-ethyl adjacent to an activating group) is 1. The van der Waals surface area contributed by atoms with E-state index >= 15 is 0 Å². The van der Waals surface area contributed by atoms with Crippen molar-refractivity contribution in [3.8, 4) is 6.07 Å². The van der Waals surface area contributed by atoms with Crippen LogP contribution in [-0.4, -0.2) is 53.8 Å². The zero-order valence-electron chi connectivity index (χ0n) is 16.3. The van der Waals surface area contributed by atoms with Gasteiger partial charge < -0.3 is 15.1 Å². The number of carbonyl (C=O) groups excluding carboxylic acids is 2. The maximum absolute atomic E-state index is 12.8. The first kappa shape index (κ1) is 20.5. The van der Waals surface area contributed by atoms with E-state index in [-0.39, 0.29) is 18.4 Å². The molecule has 1 heterocycles. The van der Waals surface area contributed by atoms with E-state index in [1.54, 1.807) is 30.1 Å². The van der Waals surface area contributed by atoms with Gasteiger partial charge in [-0.25, -0.2) is 0 Å². The van der Waals surface area contributed by atoms with E-state index in [0.717, 1.165) is 45.2 Å². The Morgan fingerprint density at radius 2 is 1.89 bits per heavy atom. The third kappa shape index (κ3) is 4.25. The normalized spacial score (nSPS) is 18.4. The molecule has 2 amide bonds. The molecule has 0 atom stereocenters. The number of nitriles is 1. The van der Waals surface area contributed by atoms with Gasteiger partial charge in [0.15, 0.2) is 0 Å². The predicted octanol–water partition coefficient (Wildman–Crippen LogP) is 3.67. The molecule has 6 nitrogen and oxygen atoms in total. The summed E-state index contributed by atoms with van der Waals surface area (Å²) >= 11 is 6.12. The molecule has 1 aromatic rings. The van der Waals surface area contributed by atoms with Crippen molar-refractivity contribution in [1.82, 2.24) is 9.80 Å². The molecule has 0 aromatic heterocycles. The maximum Gasteiger partial charge on any atom is 0.255 e. The Hall–Kier alpha value is -2.26. The highest BCUT2D eigenvalue weighted by Gasteiger charge is 2.38. The number of rotatable bonds is 5. The van der Waals surface area contributed by atoms with Crippen molar-refractivity contribution >= 4 is 29.1 Å². The Labute approximate surface area is 171 Å². The predicted molar refractivity (Wildman–Crippen MR) is 109 cm³/mol. The highest BCUT2D eigenvalue weighted by molar-refractivity contribution is 6.31. The van der Waals surface area contributed by atoms with Crippen molar-refractivity contribution < 1.29 is 9.59 Å². The Kier molecular flexibility index (Phi) is 6.46. The molecule has 0 radical (unpaired) electrons. The smallest absolute Gasteiger partial charge is 0.255 e. The van der Waals surface area contributed by atoms with Crippen LogP contribution in [0.5, 0.6) is 0 Å². The summed E-state index contributed by atoms with van der Waals surface area (Å²) in [5.41, 5.74) is 0.356. The number of amides is 2. The van der Waals surface area contributed by atoms with Crippen LogP contribution in [0.4, 0.5) is 5.69 Å². The molecule has 1 aliphatic carbocycles. The van der Waals surface area contributed by atoms with Crippen LogP contribution in [0.1, 0.15) is 55.3 Å². The second-order valence-corrected chi connectivity index (χ2v) is 8.14. The Morgan fingerprint density at radius 1 is 1.21 bits per heavy atom. The van der Waals surface area contributed by atoms with E-state index in [2.05, 4.69) is 11.4 Å². The van der Waals surface area contributed by atoms with Crippen molar-refractivity contribution in [2.45, 2.75) is 50.5 Å². The minimum absolute atomic E-state index is 0.0144. The summed E-state index contributed by atoms with van der Waals surface area (Å²) in [5, 5.41) is 13.3. The number of nitrogens with one attached hydrogen (secondary N) is 1.